The van der Waals surface area contributed by atoms with Crippen LogP contribution >= 0.6 is 23.2 Å². The first-order chi connectivity index (χ1) is 11.8. The van der Waals surface area contributed by atoms with Crippen molar-refractivity contribution in [3.63, 3.8) is 0 Å². The van der Waals surface area contributed by atoms with Crippen LogP contribution in [-0.2, 0) is 10.0 Å². The van der Waals surface area contributed by atoms with E-state index in [2.05, 4.69) is 4.72 Å². The van der Waals surface area contributed by atoms with Crippen molar-refractivity contribution in [3.8, 4) is 0 Å². The normalized spacial score (nSPS) is 11.4. The Morgan fingerprint density at radius 1 is 0.960 bits per heavy atom. The van der Waals surface area contributed by atoms with E-state index < -0.39 is 16.0 Å². The van der Waals surface area contributed by atoms with E-state index in [9.17, 15) is 18.3 Å². The summed E-state index contributed by atoms with van der Waals surface area (Å²) in [6.07, 6.45) is 0. The summed E-state index contributed by atoms with van der Waals surface area (Å²) < 4.78 is 27.4. The molecule has 8 heteroatoms. The van der Waals surface area contributed by atoms with Crippen LogP contribution in [0.2, 0.25) is 10.0 Å². The summed E-state index contributed by atoms with van der Waals surface area (Å²) in [4.78, 5) is 11.2. The molecule has 0 atom stereocenters. The van der Waals surface area contributed by atoms with Gasteiger partial charge in [0.25, 0.3) is 10.0 Å². The molecule has 128 valence electrons. The average Bonchev–Trinajstić information content (AvgIpc) is 2.52. The number of rotatable bonds is 4. The zero-order valence-corrected chi connectivity index (χ0v) is 14.9. The van der Waals surface area contributed by atoms with Crippen molar-refractivity contribution < 1.29 is 18.3 Å². The van der Waals surface area contributed by atoms with E-state index in [0.717, 1.165) is 0 Å². The number of sulfonamides is 1. The first-order valence-corrected chi connectivity index (χ1v) is 9.25. The fraction of sp³-hybridized carbons (Fsp3) is 0. The van der Waals surface area contributed by atoms with Crippen LogP contribution in [-0.4, -0.2) is 19.5 Å². The summed E-state index contributed by atoms with van der Waals surface area (Å²) in [6, 6.07) is 13.4. The lowest BCUT2D eigenvalue weighted by Gasteiger charge is -2.10. The van der Waals surface area contributed by atoms with Gasteiger partial charge in [-0.15, -0.1) is 0 Å². The lowest BCUT2D eigenvalue weighted by Crippen LogP contribution is -2.13. The summed E-state index contributed by atoms with van der Waals surface area (Å²) in [5, 5.41) is 10.7. The minimum atomic E-state index is -3.89. The zero-order valence-electron chi connectivity index (χ0n) is 12.5. The van der Waals surface area contributed by atoms with Crippen LogP contribution in [0.1, 0.15) is 10.4 Å². The molecule has 0 amide bonds. The number of fused-ring (bicyclic) bond motifs is 1. The highest BCUT2D eigenvalue weighted by Crippen LogP contribution is 2.27. The number of carboxylic acid groups (broad SMARTS) is 1. The Hall–Kier alpha value is -2.28. The van der Waals surface area contributed by atoms with E-state index in [1.54, 1.807) is 24.3 Å². The van der Waals surface area contributed by atoms with Gasteiger partial charge in [-0.3, -0.25) is 4.72 Å². The molecule has 0 unspecified atom stereocenters. The van der Waals surface area contributed by atoms with Gasteiger partial charge in [0.15, 0.2) is 0 Å². The topological polar surface area (TPSA) is 83.5 Å². The molecule has 2 N–H and O–H groups in total. The van der Waals surface area contributed by atoms with Crippen LogP contribution in [0.4, 0.5) is 5.69 Å². The fourth-order valence-corrected chi connectivity index (χ4v) is 4.21. The Morgan fingerprint density at radius 2 is 1.64 bits per heavy atom. The van der Waals surface area contributed by atoms with Crippen LogP contribution in [0, 0.1) is 0 Å². The Bertz CT molecular complexity index is 1080. The second-order valence-electron chi connectivity index (χ2n) is 5.26. The number of hydrogen-bond acceptors (Lipinski definition) is 3. The predicted molar refractivity (Wildman–Crippen MR) is 98.2 cm³/mol. The standard InChI is InChI=1S/C17H11Cl2NO4S/c18-11-7-12(19)9-14(8-11)25(23,24)20-13-4-5-15-10(6-13)2-1-3-16(15)17(21)22/h1-9,20H,(H,21,22). The summed E-state index contributed by atoms with van der Waals surface area (Å²) in [6.45, 7) is 0. The van der Waals surface area contributed by atoms with Crippen molar-refractivity contribution in [2.24, 2.45) is 0 Å². The molecule has 0 spiro atoms. The summed E-state index contributed by atoms with van der Waals surface area (Å²) in [5.74, 6) is -1.05. The van der Waals surface area contributed by atoms with Crippen LogP contribution in [0.5, 0.6) is 0 Å². The Morgan fingerprint density at radius 3 is 2.28 bits per heavy atom. The quantitative estimate of drug-likeness (QED) is 0.673. The molecule has 0 saturated heterocycles. The third-order valence-corrected chi connectivity index (χ3v) is 5.31. The van der Waals surface area contributed by atoms with Crippen LogP contribution in [0.25, 0.3) is 10.8 Å². The molecule has 0 aliphatic carbocycles. The number of halogens is 2. The van der Waals surface area contributed by atoms with Gasteiger partial charge >= 0.3 is 5.97 Å². The van der Waals surface area contributed by atoms with Gasteiger partial charge in [0.05, 0.1) is 10.5 Å². The second kappa shape index (κ2) is 6.55. The number of carboxylic acids is 1. The Kier molecular flexibility index (Phi) is 4.60. The molecule has 0 saturated carbocycles. The summed E-state index contributed by atoms with van der Waals surface area (Å²) in [5.41, 5.74) is 0.444. The van der Waals surface area contributed by atoms with Crippen LogP contribution < -0.4 is 4.72 Å². The molecule has 0 aliphatic heterocycles. The monoisotopic (exact) mass is 395 g/mol. The summed E-state index contributed by atoms with van der Waals surface area (Å²) in [7, 11) is -3.89. The minimum absolute atomic E-state index is 0.0654. The van der Waals surface area contributed by atoms with Crippen molar-refractivity contribution in [1.29, 1.82) is 0 Å². The molecule has 0 radical (unpaired) electrons. The molecule has 3 aromatic carbocycles. The number of anilines is 1. The van der Waals surface area contributed by atoms with Gasteiger partial charge in [-0.25, -0.2) is 13.2 Å². The lowest BCUT2D eigenvalue weighted by molar-refractivity contribution is 0.0699. The minimum Gasteiger partial charge on any atom is -0.478 e. The maximum Gasteiger partial charge on any atom is 0.336 e. The number of hydrogen-bond donors (Lipinski definition) is 2. The SMILES string of the molecule is O=C(O)c1cccc2cc(NS(=O)(=O)c3cc(Cl)cc(Cl)c3)ccc12. The molecule has 3 aromatic rings. The number of benzene rings is 3. The largest absolute Gasteiger partial charge is 0.478 e. The smallest absolute Gasteiger partial charge is 0.336 e. The second-order valence-corrected chi connectivity index (χ2v) is 7.81. The molecule has 25 heavy (non-hydrogen) atoms. The van der Waals surface area contributed by atoms with Crippen molar-refractivity contribution in [2.75, 3.05) is 4.72 Å². The van der Waals surface area contributed by atoms with E-state index in [1.165, 1.54) is 30.3 Å². The van der Waals surface area contributed by atoms with Gasteiger partial charge < -0.3 is 5.11 Å². The van der Waals surface area contributed by atoms with Crippen molar-refractivity contribution in [3.05, 3.63) is 70.2 Å². The molecular weight excluding hydrogens is 385 g/mol. The molecule has 0 fully saturated rings. The van der Waals surface area contributed by atoms with E-state index >= 15 is 0 Å². The molecular formula is C17H11Cl2NO4S. The highest BCUT2D eigenvalue weighted by Gasteiger charge is 2.16. The molecule has 0 aliphatic rings. The maximum absolute atomic E-state index is 12.5. The number of aromatic carboxylic acids is 1. The Labute approximate surface area is 153 Å². The molecule has 5 nitrogen and oxygen atoms in total. The van der Waals surface area contributed by atoms with E-state index in [0.29, 0.717) is 16.5 Å². The van der Waals surface area contributed by atoms with Crippen LogP contribution in [0.15, 0.2) is 59.5 Å². The highest BCUT2D eigenvalue weighted by atomic mass is 35.5. The lowest BCUT2D eigenvalue weighted by atomic mass is 10.0. The number of nitrogens with one attached hydrogen (secondary N) is 1. The van der Waals surface area contributed by atoms with Crippen molar-refractivity contribution in [1.82, 2.24) is 0 Å². The average molecular weight is 396 g/mol. The highest BCUT2D eigenvalue weighted by molar-refractivity contribution is 7.92. The third-order valence-electron chi connectivity index (χ3n) is 3.51. The Balaban J connectivity index is 2.01. The van der Waals surface area contributed by atoms with Gasteiger partial charge in [-0.1, -0.05) is 41.4 Å². The third kappa shape index (κ3) is 3.71. The first kappa shape index (κ1) is 17.5. The molecule has 0 bridgehead atoms. The molecule has 0 heterocycles. The van der Waals surface area contributed by atoms with E-state index in [1.807, 2.05) is 0 Å². The van der Waals surface area contributed by atoms with Gasteiger partial charge in [-0.2, -0.15) is 0 Å². The maximum atomic E-state index is 12.5. The fourth-order valence-electron chi connectivity index (χ4n) is 2.43. The van der Waals surface area contributed by atoms with Gasteiger partial charge in [0, 0.05) is 15.7 Å². The first-order valence-electron chi connectivity index (χ1n) is 7.01. The van der Waals surface area contributed by atoms with Crippen molar-refractivity contribution in [2.45, 2.75) is 4.90 Å². The van der Waals surface area contributed by atoms with Crippen LogP contribution in [0.3, 0.4) is 0 Å². The summed E-state index contributed by atoms with van der Waals surface area (Å²) >= 11 is 11.7. The van der Waals surface area contributed by atoms with Gasteiger partial charge in [-0.05, 0) is 47.2 Å². The number of carbonyl (C=O) groups is 1. The van der Waals surface area contributed by atoms with E-state index in [4.69, 9.17) is 23.2 Å². The van der Waals surface area contributed by atoms with Crippen molar-refractivity contribution >= 4 is 55.7 Å². The van der Waals surface area contributed by atoms with Gasteiger partial charge in [0.1, 0.15) is 0 Å². The van der Waals surface area contributed by atoms with Gasteiger partial charge in [0.2, 0.25) is 0 Å². The van der Waals surface area contributed by atoms with E-state index in [-0.39, 0.29) is 20.5 Å². The zero-order chi connectivity index (χ0) is 18.2. The molecule has 0 aromatic heterocycles. The predicted octanol–water partition coefficient (Wildman–Crippen LogP) is 4.65. The molecule has 3 rings (SSSR count).